The summed E-state index contributed by atoms with van der Waals surface area (Å²) in [5.74, 6) is -0.406. The van der Waals surface area contributed by atoms with Crippen LogP contribution in [0.3, 0.4) is 0 Å². The van der Waals surface area contributed by atoms with Gasteiger partial charge in [0, 0.05) is 6.54 Å². The molecule has 0 bridgehead atoms. The molecule has 1 unspecified atom stereocenters. The average molecular weight is 260 g/mol. The van der Waals surface area contributed by atoms with E-state index in [9.17, 15) is 9.90 Å². The second-order valence-electron chi connectivity index (χ2n) is 4.25. The quantitative estimate of drug-likeness (QED) is 0.651. The maximum absolute atomic E-state index is 11.8. The number of nitrogen functional groups attached to an aromatic ring is 1. The van der Waals surface area contributed by atoms with Crippen LogP contribution in [0.4, 0.5) is 5.69 Å². The number of carbonyl (C=O) groups excluding carboxylic acids is 1. The van der Waals surface area contributed by atoms with E-state index in [1.807, 2.05) is 18.2 Å². The molecule has 0 radical (unpaired) electrons. The monoisotopic (exact) mass is 260 g/mol. The Morgan fingerprint density at radius 1 is 1.47 bits per heavy atom. The van der Waals surface area contributed by atoms with Gasteiger partial charge in [0.1, 0.15) is 0 Å². The number of anilines is 1. The highest BCUT2D eigenvalue weighted by Gasteiger charge is 2.16. The molecule has 0 aliphatic carbocycles. The number of aliphatic hydroxyl groups excluding tert-OH is 1. The van der Waals surface area contributed by atoms with Crippen molar-refractivity contribution in [3.05, 3.63) is 47.3 Å². The lowest BCUT2D eigenvalue weighted by Crippen LogP contribution is -2.29. The van der Waals surface area contributed by atoms with Gasteiger partial charge in [-0.05, 0) is 12.5 Å². The van der Waals surface area contributed by atoms with E-state index in [0.29, 0.717) is 11.4 Å². The van der Waals surface area contributed by atoms with Crippen LogP contribution < -0.4 is 11.1 Å². The lowest BCUT2D eigenvalue weighted by atomic mass is 10.1. The summed E-state index contributed by atoms with van der Waals surface area (Å²) in [6.45, 7) is 1.84. The molecule has 100 valence electrons. The molecule has 5 N–H and O–H groups in total. The molecular weight excluding hydrogens is 244 g/mol. The molecule has 0 saturated heterocycles. The Labute approximate surface area is 110 Å². The van der Waals surface area contributed by atoms with Gasteiger partial charge in [0.2, 0.25) is 0 Å². The number of nitrogens with one attached hydrogen (secondary N) is 2. The number of hydrogen-bond donors (Lipinski definition) is 4. The Morgan fingerprint density at radius 2 is 2.16 bits per heavy atom. The van der Waals surface area contributed by atoms with Crippen molar-refractivity contribution in [2.24, 2.45) is 0 Å². The van der Waals surface area contributed by atoms with Crippen LogP contribution in [0.1, 0.15) is 27.8 Å². The Hall–Kier alpha value is -2.34. The van der Waals surface area contributed by atoms with E-state index >= 15 is 0 Å². The first-order valence-electron chi connectivity index (χ1n) is 5.91. The van der Waals surface area contributed by atoms with Crippen LogP contribution in [0, 0.1) is 6.92 Å². The predicted molar refractivity (Wildman–Crippen MR) is 71.5 cm³/mol. The molecule has 1 aromatic carbocycles. The zero-order chi connectivity index (χ0) is 13.8. The van der Waals surface area contributed by atoms with Crippen LogP contribution in [0.15, 0.2) is 30.3 Å². The lowest BCUT2D eigenvalue weighted by Gasteiger charge is -2.11. The Morgan fingerprint density at radius 3 is 2.74 bits per heavy atom. The van der Waals surface area contributed by atoms with Gasteiger partial charge in [-0.2, -0.15) is 5.10 Å². The molecule has 6 nitrogen and oxygen atoms in total. The second-order valence-corrected chi connectivity index (χ2v) is 4.25. The van der Waals surface area contributed by atoms with Gasteiger partial charge in [0.25, 0.3) is 5.91 Å². The Bertz CT molecular complexity index is 565. The summed E-state index contributed by atoms with van der Waals surface area (Å²) < 4.78 is 0. The maximum atomic E-state index is 11.8. The predicted octanol–water partition coefficient (Wildman–Crippen LogP) is 0.764. The number of rotatable bonds is 4. The minimum absolute atomic E-state index is 0.105. The summed E-state index contributed by atoms with van der Waals surface area (Å²) in [7, 11) is 0. The minimum atomic E-state index is -0.758. The van der Waals surface area contributed by atoms with E-state index in [0.717, 1.165) is 5.56 Å². The van der Waals surface area contributed by atoms with Gasteiger partial charge in [-0.1, -0.05) is 30.3 Å². The molecule has 1 atom stereocenters. The first-order chi connectivity index (χ1) is 9.09. The number of carbonyl (C=O) groups is 1. The van der Waals surface area contributed by atoms with Gasteiger partial charge in [0.05, 0.1) is 17.5 Å². The summed E-state index contributed by atoms with van der Waals surface area (Å²) in [5, 5.41) is 19.0. The van der Waals surface area contributed by atoms with E-state index in [1.165, 1.54) is 0 Å². The van der Waals surface area contributed by atoms with E-state index < -0.39 is 12.0 Å². The highest BCUT2D eigenvalue weighted by atomic mass is 16.3. The number of nitrogens with zero attached hydrogens (tertiary/aromatic N) is 1. The average Bonchev–Trinajstić information content (AvgIpc) is 2.77. The molecule has 0 aliphatic heterocycles. The van der Waals surface area contributed by atoms with Crippen molar-refractivity contribution in [3.8, 4) is 0 Å². The molecule has 0 spiro atoms. The lowest BCUT2D eigenvalue weighted by molar-refractivity contribution is 0.0912. The fourth-order valence-electron chi connectivity index (χ4n) is 1.68. The Kier molecular flexibility index (Phi) is 3.82. The number of aryl methyl sites for hydroxylation is 1. The van der Waals surface area contributed by atoms with Crippen molar-refractivity contribution in [1.29, 1.82) is 0 Å². The topological polar surface area (TPSA) is 104 Å². The number of aliphatic hydroxyl groups is 1. The summed E-state index contributed by atoms with van der Waals surface area (Å²) in [6, 6.07) is 9.11. The second kappa shape index (κ2) is 5.53. The van der Waals surface area contributed by atoms with Gasteiger partial charge >= 0.3 is 0 Å². The van der Waals surface area contributed by atoms with Crippen LogP contribution >= 0.6 is 0 Å². The van der Waals surface area contributed by atoms with Crippen molar-refractivity contribution >= 4 is 11.6 Å². The molecule has 1 amide bonds. The molecule has 2 rings (SSSR count). The van der Waals surface area contributed by atoms with Crippen LogP contribution in [0.25, 0.3) is 0 Å². The minimum Gasteiger partial charge on any atom is -0.395 e. The van der Waals surface area contributed by atoms with Crippen LogP contribution in [0.5, 0.6) is 0 Å². The van der Waals surface area contributed by atoms with Crippen molar-refractivity contribution in [2.45, 2.75) is 13.0 Å². The molecule has 1 heterocycles. The molecule has 2 aromatic rings. The molecule has 1 aromatic heterocycles. The number of hydrogen-bond acceptors (Lipinski definition) is 4. The number of amides is 1. The van der Waals surface area contributed by atoms with Gasteiger partial charge in [0.15, 0.2) is 5.69 Å². The van der Waals surface area contributed by atoms with Crippen LogP contribution in [0.2, 0.25) is 0 Å². The Balaban J connectivity index is 1.96. The first kappa shape index (κ1) is 13.1. The van der Waals surface area contributed by atoms with E-state index in [2.05, 4.69) is 15.5 Å². The summed E-state index contributed by atoms with van der Waals surface area (Å²) >= 11 is 0. The van der Waals surface area contributed by atoms with Gasteiger partial charge in [-0.25, -0.2) is 0 Å². The number of benzene rings is 1. The van der Waals surface area contributed by atoms with Crippen molar-refractivity contribution in [1.82, 2.24) is 15.5 Å². The van der Waals surface area contributed by atoms with Gasteiger partial charge in [-0.15, -0.1) is 0 Å². The fraction of sp³-hybridized carbons (Fsp3) is 0.231. The number of aromatic nitrogens is 2. The van der Waals surface area contributed by atoms with Gasteiger partial charge in [-0.3, -0.25) is 9.89 Å². The molecule has 0 saturated carbocycles. The smallest absolute Gasteiger partial charge is 0.274 e. The summed E-state index contributed by atoms with van der Waals surface area (Å²) in [6.07, 6.45) is -0.758. The van der Waals surface area contributed by atoms with Crippen molar-refractivity contribution in [3.63, 3.8) is 0 Å². The van der Waals surface area contributed by atoms with Crippen LogP contribution in [-0.2, 0) is 0 Å². The first-order valence-corrected chi connectivity index (χ1v) is 5.91. The third-order valence-corrected chi connectivity index (χ3v) is 2.85. The molecule has 19 heavy (non-hydrogen) atoms. The number of aromatic amines is 1. The van der Waals surface area contributed by atoms with E-state index in [4.69, 9.17) is 5.73 Å². The van der Waals surface area contributed by atoms with Crippen LogP contribution in [-0.4, -0.2) is 27.8 Å². The highest BCUT2D eigenvalue weighted by Crippen LogP contribution is 2.13. The maximum Gasteiger partial charge on any atom is 0.274 e. The third-order valence-electron chi connectivity index (χ3n) is 2.85. The number of H-pyrrole nitrogens is 1. The van der Waals surface area contributed by atoms with E-state index in [-0.39, 0.29) is 12.2 Å². The molecule has 6 heteroatoms. The highest BCUT2D eigenvalue weighted by molar-refractivity contribution is 5.97. The normalized spacial score (nSPS) is 12.1. The summed E-state index contributed by atoms with van der Waals surface area (Å²) in [5.41, 5.74) is 7.57. The fourth-order valence-corrected chi connectivity index (χ4v) is 1.68. The van der Waals surface area contributed by atoms with E-state index in [1.54, 1.807) is 19.1 Å². The standard InChI is InChI=1S/C13H16N4O2/c1-8-11(14)12(17-16-8)13(19)15-7-10(18)9-5-3-2-4-6-9/h2-6,10,18H,7,14H2,1H3,(H,15,19)(H,16,17). The summed E-state index contributed by atoms with van der Waals surface area (Å²) in [4.78, 5) is 11.8. The van der Waals surface area contributed by atoms with Gasteiger partial charge < -0.3 is 16.2 Å². The zero-order valence-electron chi connectivity index (χ0n) is 10.6. The van der Waals surface area contributed by atoms with Crippen molar-refractivity contribution in [2.75, 3.05) is 12.3 Å². The molecule has 0 fully saturated rings. The largest absolute Gasteiger partial charge is 0.395 e. The van der Waals surface area contributed by atoms with Crippen molar-refractivity contribution < 1.29 is 9.90 Å². The number of nitrogens with two attached hydrogens (primary N) is 1. The molecular formula is C13H16N4O2. The third kappa shape index (κ3) is 2.92. The SMILES string of the molecule is Cc1[nH]nc(C(=O)NCC(O)c2ccccc2)c1N. The zero-order valence-corrected chi connectivity index (χ0v) is 10.6. The molecule has 0 aliphatic rings.